The lowest BCUT2D eigenvalue weighted by molar-refractivity contribution is -0.156. The molecule has 0 aliphatic carbocycles. The van der Waals surface area contributed by atoms with Crippen LogP contribution >= 0.6 is 0 Å². The Bertz CT molecular complexity index is 617. The molecule has 7 nitrogen and oxygen atoms in total. The zero-order valence-corrected chi connectivity index (χ0v) is 14.2. The van der Waals surface area contributed by atoms with E-state index >= 15 is 0 Å². The van der Waals surface area contributed by atoms with Gasteiger partial charge in [0, 0.05) is 32.1 Å². The molecule has 2 fully saturated rings. The van der Waals surface area contributed by atoms with Crippen LogP contribution in [0.1, 0.15) is 26.2 Å². The van der Waals surface area contributed by atoms with E-state index in [0.29, 0.717) is 38.2 Å². The summed E-state index contributed by atoms with van der Waals surface area (Å²) in [7, 11) is -3.10. The number of nitrogens with zero attached hydrogens (tertiary/aromatic N) is 3. The van der Waals surface area contributed by atoms with Crippen molar-refractivity contribution in [2.24, 2.45) is 5.92 Å². The van der Waals surface area contributed by atoms with E-state index in [9.17, 15) is 8.42 Å². The van der Waals surface area contributed by atoms with Crippen LogP contribution in [0.5, 0.6) is 6.01 Å². The van der Waals surface area contributed by atoms with Crippen LogP contribution in [0.25, 0.3) is 0 Å². The van der Waals surface area contributed by atoms with E-state index in [1.54, 1.807) is 25.4 Å². The molecular formula is C15H23N3O4S. The Hall–Kier alpha value is -1.25. The van der Waals surface area contributed by atoms with Gasteiger partial charge in [0.15, 0.2) is 0 Å². The monoisotopic (exact) mass is 341 g/mol. The van der Waals surface area contributed by atoms with Gasteiger partial charge in [0.25, 0.3) is 0 Å². The Morgan fingerprint density at radius 1 is 1.39 bits per heavy atom. The third-order valence-corrected chi connectivity index (χ3v) is 6.36. The zero-order chi connectivity index (χ0) is 16.3. The molecule has 0 radical (unpaired) electrons. The number of ether oxygens (including phenoxy) is 2. The lowest BCUT2D eigenvalue weighted by Gasteiger charge is -2.52. The second-order valence-corrected chi connectivity index (χ2v) is 8.49. The molecule has 1 aromatic rings. The number of rotatable bonds is 6. The van der Waals surface area contributed by atoms with Gasteiger partial charge in [-0.2, -0.15) is 4.31 Å². The third-order valence-electron chi connectivity index (χ3n) is 4.58. The van der Waals surface area contributed by atoms with Gasteiger partial charge in [-0.3, -0.25) is 0 Å². The molecule has 0 bridgehead atoms. The molecule has 2 saturated heterocycles. The molecular weight excluding hydrogens is 318 g/mol. The van der Waals surface area contributed by atoms with Crippen molar-refractivity contribution in [1.82, 2.24) is 14.3 Å². The van der Waals surface area contributed by atoms with E-state index in [0.717, 1.165) is 19.3 Å². The van der Waals surface area contributed by atoms with Gasteiger partial charge in [0.2, 0.25) is 10.0 Å². The molecule has 1 aromatic heterocycles. The molecule has 0 aromatic carbocycles. The SMILES string of the molecule is CCS(=O)(=O)N1CC2(CC(CCOc3ncccn3)CCO2)C1. The van der Waals surface area contributed by atoms with E-state index in [1.165, 1.54) is 4.31 Å². The minimum atomic E-state index is -3.10. The maximum Gasteiger partial charge on any atom is 0.316 e. The molecule has 0 N–H and O–H groups in total. The van der Waals surface area contributed by atoms with Crippen LogP contribution in [0, 0.1) is 5.92 Å². The molecule has 8 heteroatoms. The Morgan fingerprint density at radius 2 is 2.13 bits per heavy atom. The number of hydrogen-bond acceptors (Lipinski definition) is 6. The summed E-state index contributed by atoms with van der Waals surface area (Å²) in [6.07, 6.45) is 6.10. The van der Waals surface area contributed by atoms with Crippen LogP contribution in [0.4, 0.5) is 0 Å². The smallest absolute Gasteiger partial charge is 0.316 e. The topological polar surface area (TPSA) is 81.6 Å². The minimum Gasteiger partial charge on any atom is -0.463 e. The van der Waals surface area contributed by atoms with Crippen LogP contribution in [-0.2, 0) is 14.8 Å². The fraction of sp³-hybridized carbons (Fsp3) is 0.733. The average Bonchev–Trinajstić information content (AvgIpc) is 2.54. The van der Waals surface area contributed by atoms with Crippen molar-refractivity contribution in [2.45, 2.75) is 31.8 Å². The summed E-state index contributed by atoms with van der Waals surface area (Å²) >= 11 is 0. The maximum absolute atomic E-state index is 11.9. The van der Waals surface area contributed by atoms with Crippen molar-refractivity contribution >= 4 is 10.0 Å². The molecule has 0 amide bonds. The molecule has 2 aliphatic rings. The molecule has 3 rings (SSSR count). The Labute approximate surface area is 137 Å². The summed E-state index contributed by atoms with van der Waals surface area (Å²) in [5.74, 6) is 0.635. The van der Waals surface area contributed by atoms with Crippen molar-refractivity contribution in [1.29, 1.82) is 0 Å². The predicted octanol–water partition coefficient (Wildman–Crippen LogP) is 1.08. The molecule has 128 valence electrons. The normalized spacial score (nSPS) is 24.3. The fourth-order valence-corrected chi connectivity index (χ4v) is 4.48. The van der Waals surface area contributed by atoms with E-state index in [-0.39, 0.29) is 11.4 Å². The van der Waals surface area contributed by atoms with Crippen LogP contribution in [0.3, 0.4) is 0 Å². The van der Waals surface area contributed by atoms with E-state index in [1.807, 2.05) is 0 Å². The molecule has 0 saturated carbocycles. The van der Waals surface area contributed by atoms with Crippen LogP contribution < -0.4 is 4.74 Å². The van der Waals surface area contributed by atoms with Gasteiger partial charge in [-0.1, -0.05) is 0 Å². The summed E-state index contributed by atoms with van der Waals surface area (Å²) in [5, 5.41) is 0. The molecule has 1 atom stereocenters. The second-order valence-electron chi connectivity index (χ2n) is 6.23. The van der Waals surface area contributed by atoms with Crippen LogP contribution in [-0.4, -0.2) is 60.3 Å². The third kappa shape index (κ3) is 3.81. The quantitative estimate of drug-likeness (QED) is 0.770. The highest BCUT2D eigenvalue weighted by Gasteiger charge is 2.50. The summed E-state index contributed by atoms with van der Waals surface area (Å²) in [4.78, 5) is 8.06. The van der Waals surface area contributed by atoms with Crippen molar-refractivity contribution < 1.29 is 17.9 Å². The predicted molar refractivity (Wildman–Crippen MR) is 84.6 cm³/mol. The van der Waals surface area contributed by atoms with Gasteiger partial charge in [0.1, 0.15) is 0 Å². The Morgan fingerprint density at radius 3 is 2.83 bits per heavy atom. The Kier molecular flexibility index (Phi) is 4.84. The number of sulfonamides is 1. The van der Waals surface area contributed by atoms with Crippen LogP contribution in [0.15, 0.2) is 18.5 Å². The van der Waals surface area contributed by atoms with E-state index in [4.69, 9.17) is 9.47 Å². The second kappa shape index (κ2) is 6.70. The summed E-state index contributed by atoms with van der Waals surface area (Å²) in [6, 6.07) is 2.15. The largest absolute Gasteiger partial charge is 0.463 e. The highest BCUT2D eigenvalue weighted by molar-refractivity contribution is 7.89. The first-order chi connectivity index (χ1) is 11.0. The molecule has 2 aliphatic heterocycles. The zero-order valence-electron chi connectivity index (χ0n) is 13.3. The average molecular weight is 341 g/mol. The fourth-order valence-electron chi connectivity index (χ4n) is 3.25. The van der Waals surface area contributed by atoms with E-state index in [2.05, 4.69) is 9.97 Å². The molecule has 3 heterocycles. The molecule has 1 unspecified atom stereocenters. The van der Waals surface area contributed by atoms with Gasteiger partial charge in [-0.25, -0.2) is 18.4 Å². The summed E-state index contributed by atoms with van der Waals surface area (Å²) in [5.41, 5.74) is -0.283. The first-order valence-electron chi connectivity index (χ1n) is 8.05. The lowest BCUT2D eigenvalue weighted by atomic mass is 9.80. The van der Waals surface area contributed by atoms with Gasteiger partial charge in [-0.05, 0) is 38.2 Å². The van der Waals surface area contributed by atoms with Gasteiger partial charge in [0.05, 0.1) is 18.0 Å². The standard InChI is InChI=1S/C15H23N3O4S/c1-2-23(19,20)18-11-15(12-18)10-13(5-9-22-15)4-8-21-14-16-6-3-7-17-14/h3,6-7,13H,2,4-5,8-12H2,1H3. The van der Waals surface area contributed by atoms with Crippen molar-refractivity contribution in [2.75, 3.05) is 32.1 Å². The summed E-state index contributed by atoms with van der Waals surface area (Å²) in [6.45, 7) is 3.91. The van der Waals surface area contributed by atoms with Crippen LogP contribution in [0.2, 0.25) is 0 Å². The highest BCUT2D eigenvalue weighted by Crippen LogP contribution is 2.39. The Balaban J connectivity index is 1.46. The molecule has 1 spiro atoms. The van der Waals surface area contributed by atoms with Crippen molar-refractivity contribution in [3.8, 4) is 6.01 Å². The molecule has 23 heavy (non-hydrogen) atoms. The minimum absolute atomic E-state index is 0.150. The van der Waals surface area contributed by atoms with Gasteiger partial charge in [-0.15, -0.1) is 0 Å². The van der Waals surface area contributed by atoms with Crippen molar-refractivity contribution in [3.63, 3.8) is 0 Å². The first-order valence-corrected chi connectivity index (χ1v) is 9.65. The number of hydrogen-bond donors (Lipinski definition) is 0. The number of aromatic nitrogens is 2. The van der Waals surface area contributed by atoms with Gasteiger partial charge < -0.3 is 9.47 Å². The highest BCUT2D eigenvalue weighted by atomic mass is 32.2. The van der Waals surface area contributed by atoms with E-state index < -0.39 is 10.0 Å². The summed E-state index contributed by atoms with van der Waals surface area (Å²) < 4.78 is 36.7. The van der Waals surface area contributed by atoms with Crippen molar-refractivity contribution in [3.05, 3.63) is 18.5 Å². The van der Waals surface area contributed by atoms with Gasteiger partial charge >= 0.3 is 6.01 Å². The maximum atomic E-state index is 11.9. The first kappa shape index (κ1) is 16.6. The lowest BCUT2D eigenvalue weighted by Crippen LogP contribution is -2.66.